The van der Waals surface area contributed by atoms with E-state index in [4.69, 9.17) is 8.85 Å². The highest BCUT2D eigenvalue weighted by molar-refractivity contribution is 5.30. The topological polar surface area (TPSA) is 12.5 Å². The standard InChI is InChI=1S/C15H22FNO/c1-15(2,3)13-10-12(4-5-14(13)16)11-17-6-8-18-9-7-17/h4-5,10H,6-9,11H2,1-3H3/i4D,5D,10D. The molecule has 0 bridgehead atoms. The number of morpholine rings is 1. The van der Waals surface area contributed by atoms with Crippen LogP contribution in [0.1, 0.15) is 36.0 Å². The van der Waals surface area contributed by atoms with Gasteiger partial charge >= 0.3 is 0 Å². The molecule has 1 aliphatic rings. The van der Waals surface area contributed by atoms with E-state index in [1.165, 1.54) is 0 Å². The summed E-state index contributed by atoms with van der Waals surface area (Å²) in [5, 5.41) is 0. The molecule has 1 heterocycles. The molecule has 0 aromatic heterocycles. The van der Waals surface area contributed by atoms with Gasteiger partial charge in [0.05, 0.1) is 17.3 Å². The highest BCUT2D eigenvalue weighted by Crippen LogP contribution is 2.26. The van der Waals surface area contributed by atoms with Gasteiger partial charge in [-0.15, -0.1) is 0 Å². The van der Waals surface area contributed by atoms with Crippen molar-refractivity contribution in [3.8, 4) is 0 Å². The largest absolute Gasteiger partial charge is 0.379 e. The number of halogens is 1. The molecule has 0 aliphatic carbocycles. The van der Waals surface area contributed by atoms with E-state index in [1.54, 1.807) is 0 Å². The first-order chi connectivity index (χ1) is 9.73. The first kappa shape index (κ1) is 9.93. The first-order valence-electron chi connectivity index (χ1n) is 7.82. The van der Waals surface area contributed by atoms with Crippen LogP contribution >= 0.6 is 0 Å². The molecule has 0 N–H and O–H groups in total. The van der Waals surface area contributed by atoms with Crippen LogP contribution in [0.4, 0.5) is 4.39 Å². The fourth-order valence-corrected chi connectivity index (χ4v) is 2.01. The lowest BCUT2D eigenvalue weighted by Crippen LogP contribution is -2.35. The van der Waals surface area contributed by atoms with Crippen molar-refractivity contribution in [2.45, 2.75) is 32.7 Å². The predicted molar refractivity (Wildman–Crippen MR) is 71.2 cm³/mol. The van der Waals surface area contributed by atoms with Crippen molar-refractivity contribution in [1.82, 2.24) is 4.90 Å². The van der Waals surface area contributed by atoms with Gasteiger partial charge in [-0.1, -0.05) is 32.9 Å². The van der Waals surface area contributed by atoms with Gasteiger partial charge in [-0.25, -0.2) is 4.39 Å². The molecule has 1 aliphatic heterocycles. The summed E-state index contributed by atoms with van der Waals surface area (Å²) < 4.78 is 43.7. The van der Waals surface area contributed by atoms with Crippen molar-refractivity contribution in [3.05, 3.63) is 35.1 Å². The molecule has 1 saturated heterocycles. The van der Waals surface area contributed by atoms with Gasteiger partial charge in [0.1, 0.15) is 5.82 Å². The second-order valence-corrected chi connectivity index (χ2v) is 5.68. The zero-order valence-electron chi connectivity index (χ0n) is 14.3. The zero-order chi connectivity index (χ0) is 15.8. The Balaban J connectivity index is 2.47. The average Bonchev–Trinajstić information content (AvgIpc) is 2.41. The van der Waals surface area contributed by atoms with E-state index in [2.05, 4.69) is 4.90 Å². The van der Waals surface area contributed by atoms with Gasteiger partial charge in [0.25, 0.3) is 0 Å². The minimum Gasteiger partial charge on any atom is -0.379 e. The number of rotatable bonds is 2. The Morgan fingerprint density at radius 1 is 1.33 bits per heavy atom. The quantitative estimate of drug-likeness (QED) is 0.804. The molecule has 0 amide bonds. The van der Waals surface area contributed by atoms with E-state index in [9.17, 15) is 4.39 Å². The van der Waals surface area contributed by atoms with Crippen molar-refractivity contribution in [2.24, 2.45) is 0 Å². The van der Waals surface area contributed by atoms with Crippen molar-refractivity contribution >= 4 is 0 Å². The summed E-state index contributed by atoms with van der Waals surface area (Å²) in [5.41, 5.74) is 0.102. The first-order valence-corrected chi connectivity index (χ1v) is 6.32. The molecule has 1 aromatic rings. The number of benzene rings is 1. The average molecular weight is 254 g/mol. The van der Waals surface area contributed by atoms with Gasteiger partial charge in [0.2, 0.25) is 0 Å². The monoisotopic (exact) mass is 254 g/mol. The summed E-state index contributed by atoms with van der Waals surface area (Å²) >= 11 is 0. The number of nitrogens with zero attached hydrogens (tertiary/aromatic N) is 1. The van der Waals surface area contributed by atoms with Gasteiger partial charge in [0, 0.05) is 19.6 Å². The van der Waals surface area contributed by atoms with Gasteiger partial charge < -0.3 is 4.74 Å². The van der Waals surface area contributed by atoms with Crippen LogP contribution < -0.4 is 0 Å². The summed E-state index contributed by atoms with van der Waals surface area (Å²) in [5.74, 6) is -0.733. The fraction of sp³-hybridized carbons (Fsp3) is 0.600. The van der Waals surface area contributed by atoms with E-state index in [1.807, 2.05) is 20.8 Å². The minimum atomic E-state index is -0.733. The van der Waals surface area contributed by atoms with Crippen LogP contribution in [0.15, 0.2) is 18.1 Å². The molecule has 0 radical (unpaired) electrons. The van der Waals surface area contributed by atoms with Crippen molar-refractivity contribution in [3.63, 3.8) is 0 Å². The molecule has 18 heavy (non-hydrogen) atoms. The second kappa shape index (κ2) is 5.37. The van der Waals surface area contributed by atoms with E-state index in [-0.39, 0.29) is 17.6 Å². The number of ether oxygens (including phenoxy) is 1. The number of hydrogen-bond donors (Lipinski definition) is 0. The van der Waals surface area contributed by atoms with Crippen LogP contribution in [-0.4, -0.2) is 31.2 Å². The minimum absolute atomic E-state index is 0.0625. The molecule has 0 spiro atoms. The Morgan fingerprint density at radius 3 is 2.61 bits per heavy atom. The Kier molecular flexibility index (Phi) is 2.96. The molecule has 2 rings (SSSR count). The Bertz CT molecular complexity index is 537. The molecule has 0 saturated carbocycles. The van der Waals surface area contributed by atoms with E-state index in [0.717, 1.165) is 13.1 Å². The zero-order valence-corrected chi connectivity index (χ0v) is 11.3. The van der Waals surface area contributed by atoms with Gasteiger partial charge in [-0.2, -0.15) is 0 Å². The molecule has 3 heteroatoms. The Hall–Kier alpha value is -0.930. The molecule has 2 nitrogen and oxygen atoms in total. The van der Waals surface area contributed by atoms with Crippen molar-refractivity contribution < 1.29 is 13.2 Å². The summed E-state index contributed by atoms with van der Waals surface area (Å²) in [6, 6.07) is -0.510. The van der Waals surface area contributed by atoms with E-state index in [0.29, 0.717) is 25.3 Å². The van der Waals surface area contributed by atoms with Crippen LogP contribution in [0.25, 0.3) is 0 Å². The maximum Gasteiger partial charge on any atom is 0.126 e. The summed E-state index contributed by atoms with van der Waals surface area (Å²) in [7, 11) is 0. The maximum atomic E-state index is 14.3. The Morgan fingerprint density at radius 2 is 2.00 bits per heavy atom. The molecule has 0 atom stereocenters. The van der Waals surface area contributed by atoms with Gasteiger partial charge in [-0.05, 0) is 22.6 Å². The summed E-state index contributed by atoms with van der Waals surface area (Å²) in [6.45, 7) is 8.59. The molecular weight excluding hydrogens is 229 g/mol. The summed E-state index contributed by atoms with van der Waals surface area (Å²) in [6.07, 6.45) is 0. The SMILES string of the molecule is [2H]c1c([2H])c(CN2CCOCC2)c([2H])c(C(C)(C)C)c1F. The molecule has 100 valence electrons. The predicted octanol–water partition coefficient (Wildman–Crippen LogP) is 2.96. The summed E-state index contributed by atoms with van der Waals surface area (Å²) in [4.78, 5) is 2.08. The lowest BCUT2D eigenvalue weighted by atomic mass is 9.85. The molecule has 1 fully saturated rings. The van der Waals surface area contributed by atoms with Crippen LogP contribution in [0.5, 0.6) is 0 Å². The third-order valence-electron chi connectivity index (χ3n) is 3.05. The normalized spacial score (nSPS) is 20.3. The van der Waals surface area contributed by atoms with Crippen LogP contribution in [0.3, 0.4) is 0 Å². The molecule has 1 aromatic carbocycles. The smallest absolute Gasteiger partial charge is 0.126 e. The lowest BCUT2D eigenvalue weighted by molar-refractivity contribution is 0.0341. The second-order valence-electron chi connectivity index (χ2n) is 5.68. The molecular formula is C15H22FNO. The van der Waals surface area contributed by atoms with E-state index >= 15 is 0 Å². The third-order valence-corrected chi connectivity index (χ3v) is 3.05. The molecule has 0 unspecified atom stereocenters. The fourth-order valence-electron chi connectivity index (χ4n) is 2.01. The third kappa shape index (κ3) is 3.30. The lowest BCUT2D eigenvalue weighted by Gasteiger charge is -2.27. The van der Waals surface area contributed by atoms with Crippen LogP contribution in [0, 0.1) is 5.82 Å². The maximum absolute atomic E-state index is 14.3. The van der Waals surface area contributed by atoms with Crippen LogP contribution in [0.2, 0.25) is 0 Å². The van der Waals surface area contributed by atoms with E-state index < -0.39 is 17.3 Å². The van der Waals surface area contributed by atoms with Crippen LogP contribution in [-0.2, 0) is 16.7 Å². The van der Waals surface area contributed by atoms with Gasteiger partial charge in [0.15, 0.2) is 0 Å². The van der Waals surface area contributed by atoms with Gasteiger partial charge in [-0.3, -0.25) is 4.90 Å². The van der Waals surface area contributed by atoms with Crippen molar-refractivity contribution in [1.29, 1.82) is 0 Å². The Labute approximate surface area is 113 Å². The number of hydrogen-bond acceptors (Lipinski definition) is 2. The highest BCUT2D eigenvalue weighted by Gasteiger charge is 2.19. The van der Waals surface area contributed by atoms with Crippen molar-refractivity contribution in [2.75, 3.05) is 26.3 Å². The highest BCUT2D eigenvalue weighted by atomic mass is 19.1.